The fraction of sp³-hybridized carbons (Fsp3) is 0.429. The predicted octanol–water partition coefficient (Wildman–Crippen LogP) is 1.99. The monoisotopic (exact) mass is 389 g/mol. The first kappa shape index (κ1) is 15.1. The molecule has 0 saturated carbocycles. The molecule has 108 valence electrons. The van der Waals surface area contributed by atoms with E-state index in [9.17, 15) is 9.59 Å². The highest BCUT2D eigenvalue weighted by Gasteiger charge is 2.26. The fourth-order valence-corrected chi connectivity index (χ4v) is 2.50. The molecule has 1 fully saturated rings. The van der Waals surface area contributed by atoms with Gasteiger partial charge in [0.2, 0.25) is 0 Å². The number of ether oxygens (including phenoxy) is 1. The molecule has 1 amide bonds. The van der Waals surface area contributed by atoms with Gasteiger partial charge in [-0.2, -0.15) is 0 Å². The Morgan fingerprint density at radius 2 is 1.85 bits per heavy atom. The average molecular weight is 389 g/mol. The number of hydrogen-bond acceptors (Lipinski definition) is 3. The second-order valence-electron chi connectivity index (χ2n) is 4.74. The summed E-state index contributed by atoms with van der Waals surface area (Å²) in [6.45, 7) is 0.982. The lowest BCUT2D eigenvalue weighted by molar-refractivity contribution is -0.146. The van der Waals surface area contributed by atoms with Crippen LogP contribution in [-0.4, -0.2) is 41.6 Å². The Kier molecular flexibility index (Phi) is 5.22. The van der Waals surface area contributed by atoms with Crippen LogP contribution in [0, 0.1) is 9.49 Å². The summed E-state index contributed by atoms with van der Waals surface area (Å²) in [6.07, 6.45) is 1.04. The molecule has 1 heterocycles. The number of amides is 1. The van der Waals surface area contributed by atoms with Crippen LogP contribution in [0.2, 0.25) is 0 Å². The number of aliphatic carboxylic acids is 1. The fourth-order valence-electron chi connectivity index (χ4n) is 2.14. The minimum absolute atomic E-state index is 0.00166. The first-order valence-electron chi connectivity index (χ1n) is 6.45. The molecule has 0 unspecified atom stereocenters. The molecule has 6 heteroatoms. The summed E-state index contributed by atoms with van der Waals surface area (Å²) in [4.78, 5) is 24.5. The maximum Gasteiger partial charge on any atom is 0.306 e. The van der Waals surface area contributed by atoms with Crippen molar-refractivity contribution in [3.8, 4) is 5.75 Å². The lowest BCUT2D eigenvalue weighted by Crippen LogP contribution is -2.42. The van der Waals surface area contributed by atoms with Crippen molar-refractivity contribution in [3.05, 3.63) is 27.8 Å². The van der Waals surface area contributed by atoms with Crippen LogP contribution in [0.4, 0.5) is 0 Å². The zero-order valence-electron chi connectivity index (χ0n) is 10.9. The minimum atomic E-state index is -0.771. The van der Waals surface area contributed by atoms with Crippen LogP contribution in [0.15, 0.2) is 24.3 Å². The third kappa shape index (κ3) is 4.09. The molecule has 1 saturated heterocycles. The van der Waals surface area contributed by atoms with Gasteiger partial charge in [-0.25, -0.2) is 0 Å². The number of carboxylic acids is 1. The van der Waals surface area contributed by atoms with E-state index in [-0.39, 0.29) is 18.4 Å². The maximum absolute atomic E-state index is 12.0. The summed E-state index contributed by atoms with van der Waals surface area (Å²) in [5.41, 5.74) is 0. The van der Waals surface area contributed by atoms with Gasteiger partial charge in [-0.3, -0.25) is 9.59 Å². The van der Waals surface area contributed by atoms with Crippen molar-refractivity contribution in [1.29, 1.82) is 0 Å². The number of carboxylic acid groups (broad SMARTS) is 1. The molecule has 1 aromatic carbocycles. The van der Waals surface area contributed by atoms with Crippen LogP contribution < -0.4 is 4.74 Å². The first-order valence-corrected chi connectivity index (χ1v) is 7.53. The second-order valence-corrected chi connectivity index (χ2v) is 5.98. The van der Waals surface area contributed by atoms with Gasteiger partial charge in [0.25, 0.3) is 5.91 Å². The Labute approximate surface area is 131 Å². The van der Waals surface area contributed by atoms with E-state index >= 15 is 0 Å². The predicted molar refractivity (Wildman–Crippen MR) is 81.6 cm³/mol. The summed E-state index contributed by atoms with van der Waals surface area (Å²) < 4.78 is 6.55. The Morgan fingerprint density at radius 1 is 1.25 bits per heavy atom. The largest absolute Gasteiger partial charge is 0.484 e. The Bertz CT molecular complexity index is 480. The van der Waals surface area contributed by atoms with Crippen molar-refractivity contribution in [3.63, 3.8) is 0 Å². The summed E-state index contributed by atoms with van der Waals surface area (Å²) in [5, 5.41) is 8.91. The molecule has 1 N–H and O–H groups in total. The van der Waals surface area contributed by atoms with E-state index in [1.165, 1.54) is 0 Å². The first-order chi connectivity index (χ1) is 9.56. The highest BCUT2D eigenvalue weighted by atomic mass is 127. The molecule has 0 bridgehead atoms. The van der Waals surface area contributed by atoms with Gasteiger partial charge in [0.15, 0.2) is 6.61 Å². The van der Waals surface area contributed by atoms with Gasteiger partial charge in [-0.1, -0.05) is 0 Å². The topological polar surface area (TPSA) is 66.8 Å². The number of carbonyl (C=O) groups is 2. The summed E-state index contributed by atoms with van der Waals surface area (Å²) in [5.74, 6) is -0.519. The molecule has 1 aliphatic rings. The van der Waals surface area contributed by atoms with E-state index in [1.807, 2.05) is 24.3 Å². The lowest BCUT2D eigenvalue weighted by Gasteiger charge is -2.30. The van der Waals surface area contributed by atoms with Crippen LogP contribution in [-0.2, 0) is 9.59 Å². The molecule has 1 aliphatic heterocycles. The zero-order chi connectivity index (χ0) is 14.5. The van der Waals surface area contributed by atoms with Crippen molar-refractivity contribution in [2.24, 2.45) is 5.92 Å². The van der Waals surface area contributed by atoms with Gasteiger partial charge in [-0.15, -0.1) is 0 Å². The molecule has 0 spiro atoms. The van der Waals surface area contributed by atoms with Crippen LogP contribution in [0.1, 0.15) is 12.8 Å². The highest BCUT2D eigenvalue weighted by molar-refractivity contribution is 14.1. The molecule has 1 aromatic rings. The molecule has 0 aliphatic carbocycles. The third-order valence-corrected chi connectivity index (χ3v) is 4.09. The highest BCUT2D eigenvalue weighted by Crippen LogP contribution is 2.18. The second kappa shape index (κ2) is 6.92. The molecule has 2 rings (SSSR count). The van der Waals surface area contributed by atoms with Crippen molar-refractivity contribution in [2.45, 2.75) is 12.8 Å². The van der Waals surface area contributed by atoms with Crippen LogP contribution in [0.25, 0.3) is 0 Å². The van der Waals surface area contributed by atoms with Crippen molar-refractivity contribution in [1.82, 2.24) is 4.90 Å². The Hall–Kier alpha value is -1.31. The average Bonchev–Trinajstić information content (AvgIpc) is 2.46. The summed E-state index contributed by atoms with van der Waals surface area (Å²) in [7, 11) is 0. The maximum atomic E-state index is 12.0. The van der Waals surface area contributed by atoms with Crippen molar-refractivity contribution < 1.29 is 19.4 Å². The molecule has 0 radical (unpaired) electrons. The molecule has 0 aromatic heterocycles. The van der Waals surface area contributed by atoms with Crippen molar-refractivity contribution >= 4 is 34.5 Å². The van der Waals surface area contributed by atoms with Crippen LogP contribution >= 0.6 is 22.6 Å². The van der Waals surface area contributed by atoms with E-state index < -0.39 is 5.97 Å². The number of benzene rings is 1. The van der Waals surface area contributed by atoms with Gasteiger partial charge in [0.1, 0.15) is 5.75 Å². The van der Waals surface area contributed by atoms with E-state index in [0.717, 1.165) is 3.57 Å². The number of nitrogens with zero attached hydrogens (tertiary/aromatic N) is 1. The SMILES string of the molecule is O=C(O)C1CCN(C(=O)COc2ccc(I)cc2)CC1. The zero-order valence-corrected chi connectivity index (χ0v) is 13.1. The summed E-state index contributed by atoms with van der Waals surface area (Å²) in [6, 6.07) is 7.48. The number of halogens is 1. The lowest BCUT2D eigenvalue weighted by atomic mass is 9.97. The van der Waals surface area contributed by atoms with Crippen molar-refractivity contribution in [2.75, 3.05) is 19.7 Å². The molecular formula is C14H16INO4. The third-order valence-electron chi connectivity index (χ3n) is 3.37. The van der Waals surface area contributed by atoms with Gasteiger partial charge in [0.05, 0.1) is 5.92 Å². The summed E-state index contributed by atoms with van der Waals surface area (Å²) >= 11 is 2.20. The Morgan fingerprint density at radius 3 is 2.40 bits per heavy atom. The standard InChI is InChI=1S/C14H16INO4/c15-11-1-3-12(4-2-11)20-9-13(17)16-7-5-10(6-8-16)14(18)19/h1-4,10H,5-9H2,(H,18,19). The van der Waals surface area contributed by atoms with Crippen LogP contribution in [0.3, 0.4) is 0 Å². The number of carbonyl (C=O) groups excluding carboxylic acids is 1. The van der Waals surface area contributed by atoms with Gasteiger partial charge in [0, 0.05) is 16.7 Å². The normalized spacial score (nSPS) is 15.9. The smallest absolute Gasteiger partial charge is 0.306 e. The van der Waals surface area contributed by atoms with Gasteiger partial charge >= 0.3 is 5.97 Å². The van der Waals surface area contributed by atoms with Gasteiger partial charge < -0.3 is 14.7 Å². The van der Waals surface area contributed by atoms with E-state index in [1.54, 1.807) is 4.90 Å². The van der Waals surface area contributed by atoms with E-state index in [2.05, 4.69) is 22.6 Å². The van der Waals surface area contributed by atoms with E-state index in [0.29, 0.717) is 31.7 Å². The quantitative estimate of drug-likeness (QED) is 0.801. The minimum Gasteiger partial charge on any atom is -0.484 e. The molecule has 5 nitrogen and oxygen atoms in total. The molecular weight excluding hydrogens is 373 g/mol. The van der Waals surface area contributed by atoms with E-state index in [4.69, 9.17) is 9.84 Å². The molecule has 20 heavy (non-hydrogen) atoms. The number of piperidine rings is 1. The van der Waals surface area contributed by atoms with Crippen LogP contribution in [0.5, 0.6) is 5.75 Å². The van der Waals surface area contributed by atoms with Gasteiger partial charge in [-0.05, 0) is 59.7 Å². The number of likely N-dealkylation sites (tertiary alicyclic amines) is 1. The number of rotatable bonds is 4. The molecule has 0 atom stereocenters. The number of hydrogen-bond donors (Lipinski definition) is 1. The Balaban J connectivity index is 1.78.